The summed E-state index contributed by atoms with van der Waals surface area (Å²) in [5.41, 5.74) is 1.93. The number of carbonyl (C=O) groups is 2. The van der Waals surface area contributed by atoms with Gasteiger partial charge in [-0.2, -0.15) is 5.26 Å². The van der Waals surface area contributed by atoms with E-state index in [1.165, 1.54) is 6.92 Å². The highest BCUT2D eigenvalue weighted by molar-refractivity contribution is 5.98. The lowest BCUT2D eigenvalue weighted by Gasteiger charge is -2.14. The fourth-order valence-electron chi connectivity index (χ4n) is 2.63. The van der Waals surface area contributed by atoms with Crippen molar-refractivity contribution in [3.63, 3.8) is 0 Å². The minimum absolute atomic E-state index is 0.329. The molecule has 0 spiro atoms. The number of nitrogens with one attached hydrogen (secondary N) is 1. The highest BCUT2D eigenvalue weighted by atomic mass is 16.5. The van der Waals surface area contributed by atoms with E-state index in [9.17, 15) is 9.59 Å². The minimum Gasteiger partial charge on any atom is -0.489 e. The summed E-state index contributed by atoms with van der Waals surface area (Å²) in [5.74, 6) is -0.362. The summed E-state index contributed by atoms with van der Waals surface area (Å²) in [6, 6.07) is 24.8. The zero-order valence-corrected chi connectivity index (χ0v) is 16.4. The fraction of sp³-hybridized carbons (Fsp3) is 0.125. The summed E-state index contributed by atoms with van der Waals surface area (Å²) in [6.45, 7) is 1.85. The molecule has 0 aliphatic carbocycles. The molecule has 1 amide bonds. The molecule has 6 heteroatoms. The number of anilines is 1. The Hall–Kier alpha value is -4.11. The van der Waals surface area contributed by atoms with Crippen LogP contribution in [0, 0.1) is 11.3 Å². The van der Waals surface area contributed by atoms with Gasteiger partial charge in [0.15, 0.2) is 6.10 Å². The molecule has 0 unspecified atom stereocenters. The number of para-hydroxylation sites is 2. The molecular weight excluding hydrogens is 380 g/mol. The van der Waals surface area contributed by atoms with Gasteiger partial charge in [0.25, 0.3) is 5.91 Å². The minimum atomic E-state index is -1.02. The van der Waals surface area contributed by atoms with Crippen LogP contribution in [-0.4, -0.2) is 18.0 Å². The van der Waals surface area contributed by atoms with Gasteiger partial charge in [-0.15, -0.1) is 0 Å². The zero-order valence-electron chi connectivity index (χ0n) is 16.4. The summed E-state index contributed by atoms with van der Waals surface area (Å²) in [5, 5.41) is 11.7. The van der Waals surface area contributed by atoms with Gasteiger partial charge in [0.2, 0.25) is 0 Å². The lowest BCUT2D eigenvalue weighted by Crippen LogP contribution is -2.30. The van der Waals surface area contributed by atoms with Gasteiger partial charge in [-0.25, -0.2) is 4.79 Å². The third-order valence-electron chi connectivity index (χ3n) is 4.30. The average Bonchev–Trinajstić information content (AvgIpc) is 2.79. The topological polar surface area (TPSA) is 88.4 Å². The van der Waals surface area contributed by atoms with Gasteiger partial charge in [0.05, 0.1) is 16.8 Å². The smallest absolute Gasteiger partial charge is 0.338 e. The number of rotatable bonds is 7. The van der Waals surface area contributed by atoms with E-state index in [4.69, 9.17) is 14.7 Å². The number of benzene rings is 3. The van der Waals surface area contributed by atoms with E-state index in [1.54, 1.807) is 48.5 Å². The van der Waals surface area contributed by atoms with E-state index >= 15 is 0 Å². The van der Waals surface area contributed by atoms with Crippen LogP contribution in [0.4, 0.5) is 5.69 Å². The molecule has 0 heterocycles. The van der Waals surface area contributed by atoms with Crippen LogP contribution in [0.15, 0.2) is 78.9 Å². The maximum Gasteiger partial charge on any atom is 0.338 e. The number of hydrogen-bond acceptors (Lipinski definition) is 5. The molecular formula is C24H20N2O4. The summed E-state index contributed by atoms with van der Waals surface area (Å²) in [4.78, 5) is 24.6. The van der Waals surface area contributed by atoms with Crippen LogP contribution in [0.5, 0.6) is 5.75 Å². The second-order valence-corrected chi connectivity index (χ2v) is 6.49. The van der Waals surface area contributed by atoms with Crippen molar-refractivity contribution >= 4 is 17.6 Å². The lowest BCUT2D eigenvalue weighted by atomic mass is 10.1. The normalized spacial score (nSPS) is 11.1. The Kier molecular flexibility index (Phi) is 6.80. The molecule has 1 N–H and O–H groups in total. The van der Waals surface area contributed by atoms with Crippen molar-refractivity contribution in [2.45, 2.75) is 19.6 Å². The number of nitriles is 1. The van der Waals surface area contributed by atoms with Crippen LogP contribution in [0.2, 0.25) is 0 Å². The summed E-state index contributed by atoms with van der Waals surface area (Å²) >= 11 is 0. The van der Waals surface area contributed by atoms with E-state index in [1.807, 2.05) is 36.4 Å². The molecule has 3 rings (SSSR count). The first kappa shape index (κ1) is 20.6. The predicted octanol–water partition coefficient (Wildman–Crippen LogP) is 4.32. The molecule has 0 radical (unpaired) electrons. The quantitative estimate of drug-likeness (QED) is 0.597. The standard InChI is InChI=1S/C24H20N2O4/c1-17(23(27)26-22-10-6-5-7-20(22)15-25)30-24(28)19-13-11-18(12-14-19)16-29-21-8-3-2-4-9-21/h2-14,17H,16H2,1H3,(H,26,27)/t17-/m1/s1. The molecule has 6 nitrogen and oxygen atoms in total. The van der Waals surface area contributed by atoms with Gasteiger partial charge in [0.1, 0.15) is 18.4 Å². The fourth-order valence-corrected chi connectivity index (χ4v) is 2.63. The molecule has 0 aliphatic rings. The van der Waals surface area contributed by atoms with Gasteiger partial charge in [-0.05, 0) is 48.9 Å². The molecule has 0 saturated heterocycles. The van der Waals surface area contributed by atoms with Crippen molar-refractivity contribution in [2.24, 2.45) is 0 Å². The van der Waals surface area contributed by atoms with E-state index < -0.39 is 18.0 Å². The molecule has 1 atom stereocenters. The Morgan fingerprint density at radius 2 is 1.63 bits per heavy atom. The maximum absolute atomic E-state index is 12.3. The van der Waals surface area contributed by atoms with E-state index in [0.717, 1.165) is 11.3 Å². The SMILES string of the molecule is C[C@@H](OC(=O)c1ccc(COc2ccccc2)cc1)C(=O)Nc1ccccc1C#N. The van der Waals surface area contributed by atoms with Crippen LogP contribution in [-0.2, 0) is 16.1 Å². The van der Waals surface area contributed by atoms with Crippen LogP contribution in [0.3, 0.4) is 0 Å². The first-order chi connectivity index (χ1) is 14.6. The summed E-state index contributed by atoms with van der Waals surface area (Å²) in [6.07, 6.45) is -1.02. The van der Waals surface area contributed by atoms with Gasteiger partial charge in [-0.3, -0.25) is 4.79 Å². The van der Waals surface area contributed by atoms with Crippen LogP contribution in [0.25, 0.3) is 0 Å². The molecule has 0 aliphatic heterocycles. The van der Waals surface area contributed by atoms with Crippen molar-refractivity contribution in [2.75, 3.05) is 5.32 Å². The molecule has 3 aromatic rings. The van der Waals surface area contributed by atoms with Crippen molar-refractivity contribution in [1.29, 1.82) is 5.26 Å². The van der Waals surface area contributed by atoms with Crippen LogP contribution < -0.4 is 10.1 Å². The lowest BCUT2D eigenvalue weighted by molar-refractivity contribution is -0.123. The average molecular weight is 400 g/mol. The second kappa shape index (κ2) is 9.89. The molecule has 30 heavy (non-hydrogen) atoms. The Morgan fingerprint density at radius 1 is 0.967 bits per heavy atom. The Bertz CT molecular complexity index is 1060. The summed E-state index contributed by atoms with van der Waals surface area (Å²) < 4.78 is 10.9. The van der Waals surface area contributed by atoms with Gasteiger partial charge < -0.3 is 14.8 Å². The molecule has 0 fully saturated rings. The predicted molar refractivity (Wildman–Crippen MR) is 112 cm³/mol. The van der Waals surface area contributed by atoms with Crippen LogP contribution >= 0.6 is 0 Å². The molecule has 0 saturated carbocycles. The number of ether oxygens (including phenoxy) is 2. The molecule has 0 aromatic heterocycles. The highest BCUT2D eigenvalue weighted by Crippen LogP contribution is 2.15. The van der Waals surface area contributed by atoms with Crippen molar-refractivity contribution in [1.82, 2.24) is 0 Å². The number of amides is 1. The Labute approximate surface area is 174 Å². The first-order valence-electron chi connectivity index (χ1n) is 9.34. The first-order valence-corrected chi connectivity index (χ1v) is 9.34. The molecule has 0 bridgehead atoms. The monoisotopic (exact) mass is 400 g/mol. The largest absolute Gasteiger partial charge is 0.489 e. The van der Waals surface area contributed by atoms with E-state index in [0.29, 0.717) is 23.4 Å². The number of nitrogens with zero attached hydrogens (tertiary/aromatic N) is 1. The highest BCUT2D eigenvalue weighted by Gasteiger charge is 2.20. The number of esters is 1. The zero-order chi connectivity index (χ0) is 21.3. The van der Waals surface area contributed by atoms with Crippen molar-refractivity contribution in [3.8, 4) is 11.8 Å². The van der Waals surface area contributed by atoms with Crippen molar-refractivity contribution in [3.05, 3.63) is 95.6 Å². The third-order valence-corrected chi connectivity index (χ3v) is 4.30. The van der Waals surface area contributed by atoms with Crippen molar-refractivity contribution < 1.29 is 19.1 Å². The van der Waals surface area contributed by atoms with Gasteiger partial charge in [0, 0.05) is 0 Å². The Morgan fingerprint density at radius 3 is 2.33 bits per heavy atom. The van der Waals surface area contributed by atoms with Gasteiger partial charge in [-0.1, -0.05) is 42.5 Å². The molecule has 150 valence electrons. The Balaban J connectivity index is 1.54. The van der Waals surface area contributed by atoms with E-state index in [-0.39, 0.29) is 0 Å². The van der Waals surface area contributed by atoms with Gasteiger partial charge >= 0.3 is 5.97 Å². The number of carbonyl (C=O) groups excluding carboxylic acids is 2. The van der Waals surface area contributed by atoms with E-state index in [2.05, 4.69) is 5.32 Å². The number of hydrogen-bond donors (Lipinski definition) is 1. The third kappa shape index (κ3) is 5.46. The van der Waals surface area contributed by atoms with Crippen LogP contribution in [0.1, 0.15) is 28.4 Å². The molecule has 3 aromatic carbocycles. The second-order valence-electron chi connectivity index (χ2n) is 6.49. The maximum atomic E-state index is 12.3. The summed E-state index contributed by atoms with van der Waals surface area (Å²) in [7, 11) is 0.